The lowest BCUT2D eigenvalue weighted by Crippen LogP contribution is -1.97. The molecular weight excluding hydrogens is 703 g/mol. The maximum atomic E-state index is 5.12. The molecule has 0 amide bonds. The van der Waals surface area contributed by atoms with Crippen LogP contribution in [0.1, 0.15) is 0 Å². The van der Waals surface area contributed by atoms with Crippen LogP contribution in [0, 0.1) is 0 Å². The lowest BCUT2D eigenvalue weighted by Gasteiger charge is -2.16. The molecule has 0 radical (unpaired) electrons. The zero-order valence-corrected chi connectivity index (χ0v) is 31.5. The fraction of sp³-hybridized carbons (Fsp3) is 0. The summed E-state index contributed by atoms with van der Waals surface area (Å²) in [6, 6.07) is 71.4. The Morgan fingerprint density at radius 2 is 0.776 bits per heavy atom. The second-order valence-corrected chi connectivity index (χ2v) is 14.8. The highest BCUT2D eigenvalue weighted by Crippen LogP contribution is 2.43. The van der Waals surface area contributed by atoms with Gasteiger partial charge in [0, 0.05) is 34.6 Å². The van der Waals surface area contributed by atoms with Gasteiger partial charge >= 0.3 is 0 Å². The van der Waals surface area contributed by atoms with E-state index in [9.17, 15) is 0 Å². The van der Waals surface area contributed by atoms with Gasteiger partial charge in [-0.3, -0.25) is 4.98 Å². The Labute approximate surface area is 336 Å². The highest BCUT2D eigenvalue weighted by Gasteiger charge is 2.17. The Bertz CT molecular complexity index is 3300. The van der Waals surface area contributed by atoms with Gasteiger partial charge in [-0.15, -0.1) is 0 Å². The third-order valence-electron chi connectivity index (χ3n) is 11.4. The molecular formula is C55H35N3. The third kappa shape index (κ3) is 5.80. The van der Waals surface area contributed by atoms with Crippen molar-refractivity contribution < 1.29 is 0 Å². The van der Waals surface area contributed by atoms with Crippen LogP contribution in [-0.4, -0.2) is 15.0 Å². The van der Waals surface area contributed by atoms with Crippen LogP contribution >= 0.6 is 0 Å². The molecule has 0 N–H and O–H groups in total. The zero-order valence-electron chi connectivity index (χ0n) is 31.5. The van der Waals surface area contributed by atoms with Crippen LogP contribution in [0.2, 0.25) is 0 Å². The van der Waals surface area contributed by atoms with Gasteiger partial charge in [-0.05, 0) is 89.1 Å². The van der Waals surface area contributed by atoms with E-state index in [1.165, 1.54) is 54.2 Å². The lowest BCUT2D eigenvalue weighted by atomic mass is 9.87. The molecule has 9 aromatic carbocycles. The maximum absolute atomic E-state index is 5.12. The van der Waals surface area contributed by atoms with Crippen molar-refractivity contribution in [2.24, 2.45) is 0 Å². The SMILES string of the molecule is c1ccc(-c2nc(-c3ccc(-c4ccc(-c5cc6c7ccccc7c7ccccc7c6c6ccccc56)cc4)cc3)cc(-c3ccccc3-c3cccnc3)n2)cc1. The standard InChI is InChI=1S/C55H35N3/c1-2-13-40(14-3-1)55-57-52(34-53(58-55)47-21-9-4-16-42(47)41-15-12-32-56-35-41)39-30-26-37(27-31-39)36-24-28-38(29-25-36)50-33-51-45-19-6-5-17-43(45)44-18-7-10-22-48(44)54(51)49-23-11-8-20-46(49)50/h1-35H. The summed E-state index contributed by atoms with van der Waals surface area (Å²) in [6.07, 6.45) is 3.70. The van der Waals surface area contributed by atoms with Crippen molar-refractivity contribution in [2.45, 2.75) is 0 Å². The zero-order chi connectivity index (χ0) is 38.4. The molecule has 11 rings (SSSR count). The van der Waals surface area contributed by atoms with Crippen molar-refractivity contribution in [3.05, 3.63) is 213 Å². The highest BCUT2D eigenvalue weighted by molar-refractivity contribution is 6.33. The molecule has 0 bridgehead atoms. The molecule has 3 nitrogen and oxygen atoms in total. The fourth-order valence-electron chi connectivity index (χ4n) is 8.61. The molecule has 2 aromatic heterocycles. The molecule has 0 aliphatic heterocycles. The van der Waals surface area contributed by atoms with Crippen LogP contribution < -0.4 is 0 Å². The Balaban J connectivity index is 0.978. The van der Waals surface area contributed by atoms with Crippen molar-refractivity contribution in [1.29, 1.82) is 0 Å². The van der Waals surface area contributed by atoms with Gasteiger partial charge in [0.2, 0.25) is 0 Å². The van der Waals surface area contributed by atoms with E-state index in [2.05, 4.69) is 181 Å². The van der Waals surface area contributed by atoms with Gasteiger partial charge in [-0.1, -0.05) is 182 Å². The number of pyridine rings is 1. The monoisotopic (exact) mass is 737 g/mol. The Hall–Kier alpha value is -7.75. The fourth-order valence-corrected chi connectivity index (χ4v) is 8.61. The third-order valence-corrected chi connectivity index (χ3v) is 11.4. The average molecular weight is 738 g/mol. The average Bonchev–Trinajstić information content (AvgIpc) is 3.32. The second kappa shape index (κ2) is 14.1. The van der Waals surface area contributed by atoms with E-state index in [1.807, 2.05) is 30.5 Å². The number of hydrogen-bond donors (Lipinski definition) is 0. The number of benzene rings is 9. The van der Waals surface area contributed by atoms with Crippen molar-refractivity contribution in [1.82, 2.24) is 15.0 Å². The van der Waals surface area contributed by atoms with Crippen molar-refractivity contribution in [3.63, 3.8) is 0 Å². The van der Waals surface area contributed by atoms with Gasteiger partial charge in [0.05, 0.1) is 11.4 Å². The first-order valence-corrected chi connectivity index (χ1v) is 19.7. The summed E-state index contributed by atoms with van der Waals surface area (Å²) in [6.45, 7) is 0. The van der Waals surface area contributed by atoms with Crippen LogP contribution in [0.15, 0.2) is 213 Å². The molecule has 0 saturated carbocycles. The molecule has 0 fully saturated rings. The molecule has 2 heterocycles. The Kier molecular flexibility index (Phi) is 8.15. The van der Waals surface area contributed by atoms with Gasteiger partial charge in [0.15, 0.2) is 5.82 Å². The molecule has 58 heavy (non-hydrogen) atoms. The predicted octanol–water partition coefficient (Wildman–Crippen LogP) is 14.5. The smallest absolute Gasteiger partial charge is 0.160 e. The van der Waals surface area contributed by atoms with Gasteiger partial charge in [0.25, 0.3) is 0 Å². The predicted molar refractivity (Wildman–Crippen MR) is 242 cm³/mol. The summed E-state index contributed by atoms with van der Waals surface area (Å²) < 4.78 is 0. The van der Waals surface area contributed by atoms with Crippen LogP contribution in [0.25, 0.3) is 110 Å². The minimum Gasteiger partial charge on any atom is -0.264 e. The Morgan fingerprint density at radius 1 is 0.276 bits per heavy atom. The van der Waals surface area contributed by atoms with E-state index in [0.29, 0.717) is 5.82 Å². The lowest BCUT2D eigenvalue weighted by molar-refractivity contribution is 1.18. The molecule has 11 aromatic rings. The molecule has 0 saturated heterocycles. The minimum atomic E-state index is 0.691. The van der Waals surface area contributed by atoms with E-state index in [1.54, 1.807) is 6.20 Å². The molecule has 270 valence electrons. The number of fused-ring (bicyclic) bond motifs is 8. The summed E-state index contributed by atoms with van der Waals surface area (Å²) in [4.78, 5) is 14.6. The molecule has 0 atom stereocenters. The van der Waals surface area contributed by atoms with E-state index < -0.39 is 0 Å². The normalized spacial score (nSPS) is 11.4. The quantitative estimate of drug-likeness (QED) is 0.160. The van der Waals surface area contributed by atoms with Crippen molar-refractivity contribution in [2.75, 3.05) is 0 Å². The van der Waals surface area contributed by atoms with Crippen LogP contribution in [0.3, 0.4) is 0 Å². The second-order valence-electron chi connectivity index (χ2n) is 14.8. The van der Waals surface area contributed by atoms with Gasteiger partial charge in [0.1, 0.15) is 0 Å². The van der Waals surface area contributed by atoms with Crippen LogP contribution in [0.5, 0.6) is 0 Å². The summed E-state index contributed by atoms with van der Waals surface area (Å²) in [7, 11) is 0. The van der Waals surface area contributed by atoms with Crippen LogP contribution in [0.4, 0.5) is 0 Å². The molecule has 0 spiro atoms. The number of rotatable bonds is 6. The largest absolute Gasteiger partial charge is 0.264 e. The summed E-state index contributed by atoms with van der Waals surface area (Å²) in [5.74, 6) is 0.691. The first-order chi connectivity index (χ1) is 28.8. The number of aromatic nitrogens is 3. The topological polar surface area (TPSA) is 38.7 Å². The van der Waals surface area contributed by atoms with Gasteiger partial charge in [-0.2, -0.15) is 0 Å². The van der Waals surface area contributed by atoms with Crippen molar-refractivity contribution in [3.8, 4) is 67.3 Å². The van der Waals surface area contributed by atoms with Gasteiger partial charge in [-0.25, -0.2) is 9.97 Å². The summed E-state index contributed by atoms with van der Waals surface area (Å²) >= 11 is 0. The Morgan fingerprint density at radius 3 is 1.45 bits per heavy atom. The molecule has 3 heteroatoms. The van der Waals surface area contributed by atoms with E-state index in [0.717, 1.165) is 50.3 Å². The summed E-state index contributed by atoms with van der Waals surface area (Å²) in [5, 5.41) is 10.3. The first kappa shape index (κ1) is 33.6. The first-order valence-electron chi connectivity index (χ1n) is 19.7. The molecule has 0 aliphatic rings. The van der Waals surface area contributed by atoms with Crippen molar-refractivity contribution >= 4 is 43.1 Å². The number of nitrogens with zero attached hydrogens (tertiary/aromatic N) is 3. The molecule has 0 aliphatic carbocycles. The highest BCUT2D eigenvalue weighted by atomic mass is 14.9. The van der Waals surface area contributed by atoms with E-state index >= 15 is 0 Å². The number of hydrogen-bond acceptors (Lipinski definition) is 3. The maximum Gasteiger partial charge on any atom is 0.160 e. The summed E-state index contributed by atoms with van der Waals surface area (Å²) in [5.41, 5.74) is 11.7. The van der Waals surface area contributed by atoms with Gasteiger partial charge < -0.3 is 0 Å². The minimum absolute atomic E-state index is 0.691. The van der Waals surface area contributed by atoms with Crippen LogP contribution in [-0.2, 0) is 0 Å². The van der Waals surface area contributed by atoms with E-state index in [-0.39, 0.29) is 0 Å². The van der Waals surface area contributed by atoms with E-state index in [4.69, 9.17) is 9.97 Å². The molecule has 0 unspecified atom stereocenters.